The van der Waals surface area contributed by atoms with E-state index in [-0.39, 0.29) is 22.9 Å². The second-order valence-electron chi connectivity index (χ2n) is 13.5. The Morgan fingerprint density at radius 3 is 1.81 bits per heavy atom. The fraction of sp³-hybridized carbons (Fsp3) is 0.533. The first-order valence-corrected chi connectivity index (χ1v) is 25.9. The molecule has 1 fully saturated rings. The molecule has 1 aliphatic rings. The Morgan fingerprint density at radius 2 is 1.41 bits per heavy atom. The summed E-state index contributed by atoms with van der Waals surface area (Å²) in [5, 5.41) is 2.18. The van der Waals surface area contributed by atoms with Gasteiger partial charge in [0.1, 0.15) is 0 Å². The van der Waals surface area contributed by atoms with Gasteiger partial charge in [-0.15, -0.1) is 0 Å². The van der Waals surface area contributed by atoms with Crippen LogP contribution in [0.2, 0.25) is 24.3 Å². The van der Waals surface area contributed by atoms with Gasteiger partial charge < -0.3 is 0 Å². The Kier molecular flexibility index (Phi) is 9.07. The number of nitrogens with zero attached hydrogens (tertiary/aromatic N) is 1. The molecule has 202 valence electrons. The molecule has 2 atom stereocenters. The van der Waals surface area contributed by atoms with E-state index in [2.05, 4.69) is 84.1 Å². The molecule has 7 heteroatoms. The molecule has 0 radical (unpaired) electrons. The third-order valence-electron chi connectivity index (χ3n) is 6.87. The normalized spacial score (nSPS) is 19.3. The predicted molar refractivity (Wildman–Crippen MR) is 157 cm³/mol. The van der Waals surface area contributed by atoms with Crippen molar-refractivity contribution in [1.82, 2.24) is 4.90 Å². The first-order valence-electron chi connectivity index (χ1n) is 13.4. The van der Waals surface area contributed by atoms with Gasteiger partial charge in [0.25, 0.3) is 0 Å². The van der Waals surface area contributed by atoms with Gasteiger partial charge in [0.05, 0.1) is 0 Å². The number of hydrogen-bond donors (Lipinski definition) is 0. The van der Waals surface area contributed by atoms with E-state index in [4.69, 9.17) is 9.16 Å². The van der Waals surface area contributed by atoms with Crippen molar-refractivity contribution in [2.75, 3.05) is 6.61 Å². The Balaban J connectivity index is 2.03. The van der Waals surface area contributed by atoms with E-state index in [9.17, 15) is 9.59 Å². The maximum absolute atomic E-state index is 13.6. The molecule has 1 aliphatic heterocycles. The maximum atomic E-state index is 13.6. The molecule has 37 heavy (non-hydrogen) atoms. The number of imide groups is 1. The zero-order valence-corrected chi connectivity index (χ0v) is 28.0. The average Bonchev–Trinajstić information content (AvgIpc) is 3.07. The summed E-state index contributed by atoms with van der Waals surface area (Å²) in [5.74, 6) is -0.243. The first kappa shape index (κ1) is 29.9. The third-order valence-corrected chi connectivity index (χ3v) is 16.8. The van der Waals surface area contributed by atoms with Gasteiger partial charge in [-0.2, -0.15) is 0 Å². The number of carbonyl (C=O) groups excluding carboxylic acids is 2. The quantitative estimate of drug-likeness (QED) is 0.350. The minimum atomic E-state index is -2.80. The average molecular weight is 630 g/mol. The van der Waals surface area contributed by atoms with Crippen LogP contribution in [0.15, 0.2) is 60.7 Å². The van der Waals surface area contributed by atoms with E-state index in [1.165, 1.54) is 15.3 Å². The number of amides is 2. The molecule has 0 saturated carbocycles. The van der Waals surface area contributed by atoms with Crippen LogP contribution < -0.4 is 10.4 Å². The molecule has 2 amide bonds. The van der Waals surface area contributed by atoms with Crippen LogP contribution >= 0.6 is 0 Å². The van der Waals surface area contributed by atoms with Crippen molar-refractivity contribution in [2.24, 2.45) is 5.92 Å². The number of hydrogen-bond acceptors (Lipinski definition) is 4. The van der Waals surface area contributed by atoms with Gasteiger partial charge in [-0.3, -0.25) is 0 Å². The molecule has 0 bridgehead atoms. The monoisotopic (exact) mass is 631 g/mol. The zero-order chi connectivity index (χ0) is 27.6. The summed E-state index contributed by atoms with van der Waals surface area (Å²) in [6.07, 6.45) is 0.0740. The number of benzene rings is 2. The van der Waals surface area contributed by atoms with Crippen molar-refractivity contribution in [1.29, 1.82) is 0 Å². The Bertz CT molecular complexity index is 1030. The second kappa shape index (κ2) is 11.2. The van der Waals surface area contributed by atoms with Crippen molar-refractivity contribution in [3.63, 3.8) is 0 Å². The fourth-order valence-corrected chi connectivity index (χ4v) is 15.3. The first-order chi connectivity index (χ1) is 17.1. The molecule has 0 N–H and O–H groups in total. The van der Waals surface area contributed by atoms with Crippen LogP contribution in [0, 0.1) is 5.92 Å². The summed E-state index contributed by atoms with van der Waals surface area (Å²) in [6, 6.07) is 20.6. The SMILES string of the molecule is CC(C)(C)OC(=O)N1C(=O)[C@@H]([CH2][Sn]([CH3])([CH3])[CH3])C[C@H]1CO[Si](c1ccccc1)(c1ccccc1)C(C)(C)C. The van der Waals surface area contributed by atoms with Crippen LogP contribution in [0.25, 0.3) is 0 Å². The third kappa shape index (κ3) is 7.06. The Morgan fingerprint density at radius 1 is 0.919 bits per heavy atom. The van der Waals surface area contributed by atoms with E-state index >= 15 is 0 Å². The number of likely N-dealkylation sites (tertiary alicyclic amines) is 1. The number of carbonyl (C=O) groups is 2. The van der Waals surface area contributed by atoms with Crippen LogP contribution in [0.3, 0.4) is 0 Å². The molecule has 1 heterocycles. The zero-order valence-electron chi connectivity index (χ0n) is 24.1. The van der Waals surface area contributed by atoms with Gasteiger partial charge in [0.15, 0.2) is 0 Å². The number of ether oxygens (including phenoxy) is 1. The topological polar surface area (TPSA) is 55.8 Å². The van der Waals surface area contributed by atoms with Crippen molar-refractivity contribution in [3.8, 4) is 0 Å². The van der Waals surface area contributed by atoms with E-state index < -0.39 is 38.4 Å². The molecule has 2 aromatic rings. The second-order valence-corrected chi connectivity index (χ2v) is 33.6. The number of rotatable bonds is 7. The Hall–Kier alpha value is -1.64. The van der Waals surface area contributed by atoms with E-state index in [1.807, 2.05) is 32.9 Å². The van der Waals surface area contributed by atoms with E-state index in [1.54, 1.807) is 0 Å². The van der Waals surface area contributed by atoms with Crippen LogP contribution in [0.1, 0.15) is 48.0 Å². The summed E-state index contributed by atoms with van der Waals surface area (Å²) in [7, 11) is -2.80. The van der Waals surface area contributed by atoms with Crippen LogP contribution in [-0.4, -0.2) is 61.8 Å². The molecule has 0 unspecified atom stereocenters. The van der Waals surface area contributed by atoms with Crippen molar-refractivity contribution < 1.29 is 18.8 Å². The molecular formula is C30H45NO4SiSn. The molecule has 2 aromatic carbocycles. The van der Waals surface area contributed by atoms with Gasteiger partial charge in [-0.1, -0.05) is 0 Å². The molecule has 0 aliphatic carbocycles. The Labute approximate surface area is 228 Å². The van der Waals surface area contributed by atoms with Crippen molar-refractivity contribution in [3.05, 3.63) is 60.7 Å². The van der Waals surface area contributed by atoms with Gasteiger partial charge in [0, 0.05) is 0 Å². The molecule has 0 spiro atoms. The van der Waals surface area contributed by atoms with Gasteiger partial charge in [0.2, 0.25) is 0 Å². The summed E-state index contributed by atoms with van der Waals surface area (Å²) >= 11 is -2.30. The summed E-state index contributed by atoms with van der Waals surface area (Å²) in [5.41, 5.74) is -0.678. The predicted octanol–water partition coefficient (Wildman–Crippen LogP) is 6.05. The van der Waals surface area contributed by atoms with Crippen molar-refractivity contribution >= 4 is 49.1 Å². The molecule has 1 saturated heterocycles. The van der Waals surface area contributed by atoms with Crippen LogP contribution in [0.4, 0.5) is 4.79 Å². The van der Waals surface area contributed by atoms with Gasteiger partial charge in [-0.05, 0) is 0 Å². The van der Waals surface area contributed by atoms with E-state index in [0.29, 0.717) is 13.0 Å². The van der Waals surface area contributed by atoms with Crippen molar-refractivity contribution in [2.45, 2.75) is 83.9 Å². The fourth-order valence-electron chi connectivity index (χ4n) is 5.50. The van der Waals surface area contributed by atoms with E-state index in [0.717, 1.165) is 4.44 Å². The molecule has 5 nitrogen and oxygen atoms in total. The van der Waals surface area contributed by atoms with Gasteiger partial charge in [-0.25, -0.2) is 0 Å². The molecule has 0 aromatic heterocycles. The minimum absolute atomic E-state index is 0.100. The van der Waals surface area contributed by atoms with Crippen LogP contribution in [0.5, 0.6) is 0 Å². The summed E-state index contributed by atoms with van der Waals surface area (Å²) in [6.45, 7) is 12.5. The van der Waals surface area contributed by atoms with Gasteiger partial charge >= 0.3 is 230 Å². The molecule has 3 rings (SSSR count). The summed E-state index contributed by atoms with van der Waals surface area (Å²) in [4.78, 5) is 35.3. The van der Waals surface area contributed by atoms with Crippen LogP contribution in [-0.2, 0) is 14.0 Å². The summed E-state index contributed by atoms with van der Waals surface area (Å²) < 4.78 is 13.8. The standard InChI is InChI=1S/C27H36NO4Si.3CH3.Sn/c1-20-18-21(28(24(20)29)25(30)32-26(2,3)4)19-31-33(27(5,6)7,22-14-10-8-11-15-22)23-16-12-9-13-17-23;;;;/h8-17,20-21H,1,18-19H2,2-7H3;3*1H3;/t20-,21-;;;;/m0..../s1. The molecular weight excluding hydrogens is 585 g/mol.